The topological polar surface area (TPSA) is 206 Å². The molecular formula is C23H34NO12P. The van der Waals surface area contributed by atoms with Crippen molar-refractivity contribution >= 4 is 31.8 Å². The summed E-state index contributed by atoms with van der Waals surface area (Å²) in [7, 11) is -5.02. The molecular weight excluding hydrogens is 513 g/mol. The summed E-state index contributed by atoms with van der Waals surface area (Å²) in [6.07, 6.45) is -2.03. The predicted molar refractivity (Wildman–Crippen MR) is 129 cm³/mol. The van der Waals surface area contributed by atoms with Crippen molar-refractivity contribution in [2.75, 3.05) is 13.2 Å². The first-order valence-electron chi connectivity index (χ1n) is 11.3. The number of benzene rings is 1. The van der Waals surface area contributed by atoms with Gasteiger partial charge in [0.05, 0.1) is 26.1 Å². The summed E-state index contributed by atoms with van der Waals surface area (Å²) in [5.74, 6) is -3.88. The van der Waals surface area contributed by atoms with Gasteiger partial charge in [0.15, 0.2) is 0 Å². The summed E-state index contributed by atoms with van der Waals surface area (Å²) >= 11 is 0. The molecule has 1 aromatic rings. The fourth-order valence-electron chi connectivity index (χ4n) is 3.52. The number of nitrogens with one attached hydrogen (secondary N) is 1. The van der Waals surface area contributed by atoms with E-state index < -0.39 is 56.1 Å². The highest BCUT2D eigenvalue weighted by Crippen LogP contribution is 2.45. The first-order valence-corrected chi connectivity index (χ1v) is 12.9. The second-order valence-corrected chi connectivity index (χ2v) is 10.7. The van der Waals surface area contributed by atoms with Crippen molar-refractivity contribution in [3.8, 4) is 5.75 Å². The SMILES string of the molecule is Cc1cc(CC(=O)N[C@@H](CC(=O)O)C(=O)O)c(C(C)(C)CCOC(=O)OCC(C)C)c(OP(=O)(O)O)c1. The largest absolute Gasteiger partial charge is 0.524 e. The Bertz CT molecular complexity index is 1050. The molecule has 1 atom stereocenters. The second kappa shape index (κ2) is 13.4. The molecule has 0 fully saturated rings. The minimum atomic E-state index is -5.02. The highest BCUT2D eigenvalue weighted by atomic mass is 31.2. The van der Waals surface area contributed by atoms with Crippen molar-refractivity contribution in [3.63, 3.8) is 0 Å². The number of aliphatic carboxylic acids is 2. The van der Waals surface area contributed by atoms with E-state index in [9.17, 15) is 38.6 Å². The lowest BCUT2D eigenvalue weighted by Crippen LogP contribution is -2.43. The van der Waals surface area contributed by atoms with E-state index in [1.54, 1.807) is 26.8 Å². The molecule has 0 aliphatic rings. The molecule has 1 rings (SSSR count). The van der Waals surface area contributed by atoms with Crippen LogP contribution in [0.2, 0.25) is 0 Å². The molecule has 0 heterocycles. The highest BCUT2D eigenvalue weighted by Gasteiger charge is 2.32. The van der Waals surface area contributed by atoms with Gasteiger partial charge in [-0.25, -0.2) is 14.2 Å². The van der Waals surface area contributed by atoms with Gasteiger partial charge < -0.3 is 29.5 Å². The zero-order valence-corrected chi connectivity index (χ0v) is 22.2. The highest BCUT2D eigenvalue weighted by molar-refractivity contribution is 7.46. The van der Waals surface area contributed by atoms with E-state index in [1.165, 1.54) is 6.07 Å². The van der Waals surface area contributed by atoms with Crippen molar-refractivity contribution in [2.24, 2.45) is 5.92 Å². The minimum absolute atomic E-state index is 0.105. The smallest absolute Gasteiger partial charge is 0.481 e. The van der Waals surface area contributed by atoms with Crippen LogP contribution < -0.4 is 9.84 Å². The van der Waals surface area contributed by atoms with Gasteiger partial charge in [-0.15, -0.1) is 0 Å². The van der Waals surface area contributed by atoms with Gasteiger partial charge in [0, 0.05) is 5.56 Å². The van der Waals surface area contributed by atoms with E-state index in [4.69, 9.17) is 19.1 Å². The van der Waals surface area contributed by atoms with Gasteiger partial charge in [0.25, 0.3) is 0 Å². The summed E-state index contributed by atoms with van der Waals surface area (Å²) < 4.78 is 26.6. The number of rotatable bonds is 14. The Morgan fingerprint density at radius 1 is 1.08 bits per heavy atom. The van der Waals surface area contributed by atoms with Crippen LogP contribution in [-0.4, -0.2) is 63.3 Å². The molecule has 0 saturated carbocycles. The van der Waals surface area contributed by atoms with Crippen molar-refractivity contribution in [1.82, 2.24) is 5.32 Å². The molecule has 37 heavy (non-hydrogen) atoms. The number of carbonyl (C=O) groups is 4. The van der Waals surface area contributed by atoms with Gasteiger partial charge >= 0.3 is 25.9 Å². The molecule has 0 radical (unpaired) electrons. The van der Waals surface area contributed by atoms with E-state index in [-0.39, 0.29) is 42.4 Å². The summed E-state index contributed by atoms with van der Waals surface area (Å²) in [5, 5.41) is 20.3. The number of phosphoric acid groups is 1. The number of hydrogen-bond donors (Lipinski definition) is 5. The van der Waals surface area contributed by atoms with Crippen LogP contribution in [0.25, 0.3) is 0 Å². The van der Waals surface area contributed by atoms with Gasteiger partial charge in [-0.05, 0) is 41.9 Å². The van der Waals surface area contributed by atoms with Crippen LogP contribution in [0.4, 0.5) is 4.79 Å². The third kappa shape index (κ3) is 11.6. The molecule has 14 heteroatoms. The number of amides is 1. The van der Waals surface area contributed by atoms with Gasteiger partial charge in [0.1, 0.15) is 11.8 Å². The molecule has 0 unspecified atom stereocenters. The zero-order valence-electron chi connectivity index (χ0n) is 21.3. The molecule has 0 aromatic heterocycles. The Balaban J connectivity index is 3.29. The summed E-state index contributed by atoms with van der Waals surface area (Å²) in [6, 6.07) is 1.26. The maximum absolute atomic E-state index is 12.7. The number of hydrogen-bond acceptors (Lipinski definition) is 8. The fraction of sp³-hybridized carbons (Fsp3) is 0.565. The van der Waals surface area contributed by atoms with Gasteiger partial charge in [-0.1, -0.05) is 33.8 Å². The minimum Gasteiger partial charge on any atom is -0.481 e. The Kier molecular flexibility index (Phi) is 11.6. The Hall–Kier alpha value is -3.15. The van der Waals surface area contributed by atoms with Gasteiger partial charge in [0.2, 0.25) is 5.91 Å². The normalized spacial score (nSPS) is 12.5. The maximum atomic E-state index is 12.7. The number of carbonyl (C=O) groups excluding carboxylic acids is 2. The number of phosphoric ester groups is 1. The van der Waals surface area contributed by atoms with Crippen molar-refractivity contribution in [1.29, 1.82) is 0 Å². The molecule has 0 saturated heterocycles. The Morgan fingerprint density at radius 3 is 2.22 bits per heavy atom. The van der Waals surface area contributed by atoms with Crippen LogP contribution in [-0.2, 0) is 40.3 Å². The third-order valence-electron chi connectivity index (χ3n) is 5.07. The first-order chi connectivity index (χ1) is 16.9. The predicted octanol–water partition coefficient (Wildman–Crippen LogP) is 2.53. The van der Waals surface area contributed by atoms with E-state index in [1.807, 2.05) is 13.8 Å². The molecule has 0 spiro atoms. The summed E-state index contributed by atoms with van der Waals surface area (Å²) in [6.45, 7) is 8.71. The number of carboxylic acids is 2. The van der Waals surface area contributed by atoms with Crippen LogP contribution >= 0.6 is 7.82 Å². The van der Waals surface area contributed by atoms with Crippen LogP contribution in [0.15, 0.2) is 12.1 Å². The molecule has 1 aromatic carbocycles. The van der Waals surface area contributed by atoms with Crippen molar-refractivity contribution < 1.29 is 57.7 Å². The quantitative estimate of drug-likeness (QED) is 0.168. The molecule has 0 aliphatic heterocycles. The molecule has 208 valence electrons. The van der Waals surface area contributed by atoms with Crippen LogP contribution in [0.3, 0.4) is 0 Å². The zero-order chi connectivity index (χ0) is 28.6. The van der Waals surface area contributed by atoms with Crippen LogP contribution in [0, 0.1) is 12.8 Å². The van der Waals surface area contributed by atoms with Crippen LogP contribution in [0.1, 0.15) is 57.2 Å². The van der Waals surface area contributed by atoms with Gasteiger partial charge in [-0.2, -0.15) is 0 Å². The maximum Gasteiger partial charge on any atom is 0.524 e. The van der Waals surface area contributed by atoms with Crippen LogP contribution in [0.5, 0.6) is 5.75 Å². The lowest BCUT2D eigenvalue weighted by molar-refractivity contribution is -0.147. The van der Waals surface area contributed by atoms with Crippen molar-refractivity contribution in [2.45, 2.75) is 65.3 Å². The van der Waals surface area contributed by atoms with E-state index >= 15 is 0 Å². The Labute approximate surface area is 214 Å². The third-order valence-corrected chi connectivity index (χ3v) is 5.50. The fourth-order valence-corrected chi connectivity index (χ4v) is 3.92. The second-order valence-electron chi connectivity index (χ2n) is 9.55. The monoisotopic (exact) mass is 547 g/mol. The molecule has 0 bridgehead atoms. The number of carboxylic acid groups (broad SMARTS) is 2. The Morgan fingerprint density at radius 2 is 1.70 bits per heavy atom. The number of aryl methyl sites for hydroxylation is 1. The summed E-state index contributed by atoms with van der Waals surface area (Å²) in [4.78, 5) is 65.6. The lowest BCUT2D eigenvalue weighted by atomic mass is 9.77. The number of ether oxygens (including phenoxy) is 2. The van der Waals surface area contributed by atoms with Crippen molar-refractivity contribution in [3.05, 3.63) is 28.8 Å². The standard InChI is InChI=1S/C23H34NO12P/c1-13(2)12-35-22(30)34-7-6-23(4,5)20-15(8-14(3)9-17(20)36-37(31,32)33)10-18(25)24-16(21(28)29)11-19(26)27/h8-9,13,16H,6-7,10-12H2,1-5H3,(H,24,25)(H,26,27)(H,28,29)(H2,31,32,33)/t16-/m0/s1. The molecule has 0 aliphatic carbocycles. The molecule has 13 nitrogen and oxygen atoms in total. The van der Waals surface area contributed by atoms with E-state index in [0.717, 1.165) is 0 Å². The molecule has 1 amide bonds. The van der Waals surface area contributed by atoms with E-state index in [0.29, 0.717) is 5.56 Å². The van der Waals surface area contributed by atoms with E-state index in [2.05, 4.69) is 5.32 Å². The summed E-state index contributed by atoms with van der Waals surface area (Å²) in [5.41, 5.74) is -0.00682. The average Bonchev–Trinajstić information content (AvgIpc) is 2.69. The average molecular weight is 547 g/mol. The van der Waals surface area contributed by atoms with Gasteiger partial charge in [-0.3, -0.25) is 19.4 Å². The first kappa shape index (κ1) is 31.9. The molecule has 5 N–H and O–H groups in total. The lowest BCUT2D eigenvalue weighted by Gasteiger charge is -2.30.